The molecule has 1 amide bonds. The van der Waals surface area contributed by atoms with Crippen LogP contribution in [0.3, 0.4) is 0 Å². The molecule has 1 unspecified atom stereocenters. The van der Waals surface area contributed by atoms with Crippen molar-refractivity contribution in [3.05, 3.63) is 71.8 Å². The second-order valence-corrected chi connectivity index (χ2v) is 11.2. The number of carbonyl (C=O) groups is 2. The van der Waals surface area contributed by atoms with Gasteiger partial charge in [-0.15, -0.1) is 0 Å². The summed E-state index contributed by atoms with van der Waals surface area (Å²) in [5.41, 5.74) is 7.63. The summed E-state index contributed by atoms with van der Waals surface area (Å²) in [5, 5.41) is 11.9. The van der Waals surface area contributed by atoms with Gasteiger partial charge >= 0.3 is 37.7 Å². The molecule has 38 heavy (non-hydrogen) atoms. The molecular weight excluding hydrogens is 493 g/mol. The van der Waals surface area contributed by atoms with Crippen molar-refractivity contribution < 1.29 is 66.4 Å². The fourth-order valence-corrected chi connectivity index (χ4v) is 5.98. The molecule has 0 spiro atoms. The van der Waals surface area contributed by atoms with E-state index in [4.69, 9.17) is 10.3 Å². The predicted octanol–water partition coefficient (Wildman–Crippen LogP) is -3.78. The van der Waals surface area contributed by atoms with Crippen molar-refractivity contribution in [3.63, 3.8) is 0 Å². The molecule has 0 aliphatic carbocycles. The van der Waals surface area contributed by atoms with Gasteiger partial charge in [-0.1, -0.05) is 60.7 Å². The second kappa shape index (κ2) is 17.4. The number of benzene rings is 2. The molecule has 0 radical (unpaired) electrons. The Bertz CT molecular complexity index is 1030. The molecule has 11 heteroatoms. The van der Waals surface area contributed by atoms with E-state index in [1.54, 1.807) is 0 Å². The van der Waals surface area contributed by atoms with Gasteiger partial charge in [0.1, 0.15) is 13.7 Å². The monoisotopic (exact) mass is 528 g/mol. The Labute approximate surface area is 249 Å². The molecule has 1 aliphatic heterocycles. The fourth-order valence-electron chi connectivity index (χ4n) is 4.68. The summed E-state index contributed by atoms with van der Waals surface area (Å²) in [6.45, 7) is 0.565. The minimum absolute atomic E-state index is 0. The van der Waals surface area contributed by atoms with Gasteiger partial charge in [-0.05, 0) is 62.6 Å². The Morgan fingerprint density at radius 2 is 1.63 bits per heavy atom. The van der Waals surface area contributed by atoms with Crippen LogP contribution in [-0.4, -0.2) is 48.2 Å². The van der Waals surface area contributed by atoms with E-state index in [2.05, 4.69) is 0 Å². The molecule has 0 bridgehead atoms. The summed E-state index contributed by atoms with van der Waals surface area (Å²) in [4.78, 5) is 39.3. The maximum atomic E-state index is 13.4. The third kappa shape index (κ3) is 10.7. The summed E-state index contributed by atoms with van der Waals surface area (Å²) >= 11 is 0. The van der Waals surface area contributed by atoms with Crippen LogP contribution in [0.2, 0.25) is 0 Å². The van der Waals surface area contributed by atoms with Gasteiger partial charge in [0.2, 0.25) is 0 Å². The number of likely N-dealkylation sites (tertiary alicyclic amines) is 1. The van der Waals surface area contributed by atoms with Crippen molar-refractivity contribution in [3.8, 4) is 0 Å². The molecule has 2 aromatic carbocycles. The van der Waals surface area contributed by atoms with Crippen molar-refractivity contribution in [1.82, 2.24) is 4.90 Å². The molecule has 1 aliphatic rings. The van der Waals surface area contributed by atoms with Gasteiger partial charge in [-0.2, -0.15) is 0 Å². The Morgan fingerprint density at radius 1 is 1.00 bits per heavy atom. The van der Waals surface area contributed by atoms with E-state index in [-0.39, 0.29) is 69.2 Å². The first-order valence-corrected chi connectivity index (χ1v) is 14.3. The maximum Gasteiger partial charge on any atom is 1.00 e. The van der Waals surface area contributed by atoms with Gasteiger partial charge in [0.15, 0.2) is 0 Å². The fraction of sp³-hybridized carbons (Fsp3) is 0.481. The van der Waals surface area contributed by atoms with Crippen LogP contribution in [0.25, 0.3) is 0 Å². The van der Waals surface area contributed by atoms with Gasteiger partial charge in [-0.25, -0.2) is 0 Å². The zero-order valence-electron chi connectivity index (χ0n) is 22.5. The minimum Gasteiger partial charge on any atom is -0.778 e. The summed E-state index contributed by atoms with van der Waals surface area (Å²) in [5.74, 6) is -2.16. The molecule has 1 heterocycles. The topological polar surface area (TPSA) is 136 Å². The number of nitrogens with two attached hydrogens (primary N) is 1. The number of amides is 1. The van der Waals surface area contributed by atoms with Crippen LogP contribution in [0.1, 0.15) is 55.6 Å². The molecule has 1 saturated heterocycles. The number of hydrogen-bond donors (Lipinski definition) is 1. The Balaban J connectivity index is 0.00000361. The smallest absolute Gasteiger partial charge is 0.778 e. The van der Waals surface area contributed by atoms with Gasteiger partial charge in [0.05, 0.1) is 12.0 Å². The van der Waals surface area contributed by atoms with Crippen molar-refractivity contribution >= 4 is 19.5 Å². The predicted molar refractivity (Wildman–Crippen MR) is 134 cm³/mol. The SMILES string of the molecule is NCCCC[C@H](OP(=O)([O-])CCCCc1ccccc1)C(=O)N1C[C@@H](c2ccccc2)C[C@H]1C(=O)[O-].[Li+].[Li+]. The average Bonchev–Trinajstić information content (AvgIpc) is 3.33. The van der Waals surface area contributed by atoms with E-state index >= 15 is 0 Å². The number of nitrogens with zero attached hydrogens (tertiary/aromatic N) is 1. The van der Waals surface area contributed by atoms with E-state index < -0.39 is 31.6 Å². The summed E-state index contributed by atoms with van der Waals surface area (Å²) in [6, 6.07) is 18.0. The molecule has 0 saturated carbocycles. The standard InChI is InChI=1S/C27H37N2O6P.2Li/c28-17-9-7-16-25(35-36(33,34)18-10-8-13-21-11-3-1-4-12-21)26(30)29-20-23(19-24(29)27(31)32)22-14-5-2-6-15-22;;/h1-6,11-12,14-15,23-25H,7-10,13,16-20,28H2,(H,31,32)(H,33,34);;/q;2*+1/p-2/t23-,24-,25-;;/m0../s1. The first-order chi connectivity index (χ1) is 17.3. The summed E-state index contributed by atoms with van der Waals surface area (Å²) < 4.78 is 18.2. The van der Waals surface area contributed by atoms with E-state index in [1.165, 1.54) is 4.90 Å². The van der Waals surface area contributed by atoms with Crippen LogP contribution in [0, 0.1) is 0 Å². The molecule has 2 aromatic rings. The van der Waals surface area contributed by atoms with E-state index in [0.717, 1.165) is 17.5 Å². The van der Waals surface area contributed by atoms with Crippen molar-refractivity contribution in [2.75, 3.05) is 19.3 Å². The average molecular weight is 528 g/mol. The number of unbranched alkanes of at least 4 members (excludes halogenated alkanes) is 2. The number of carboxylic acid groups (broad SMARTS) is 1. The van der Waals surface area contributed by atoms with Crippen LogP contribution >= 0.6 is 7.60 Å². The quantitative estimate of drug-likeness (QED) is 0.151. The van der Waals surface area contributed by atoms with Crippen LogP contribution in [0.5, 0.6) is 0 Å². The number of carbonyl (C=O) groups excluding carboxylic acids is 2. The number of aliphatic carboxylic acids is 1. The number of hydrogen-bond acceptors (Lipinski definition) is 7. The van der Waals surface area contributed by atoms with Gasteiger partial charge in [-0.3, -0.25) is 4.79 Å². The normalized spacial score (nSPS) is 19.1. The number of aryl methyl sites for hydroxylation is 1. The first kappa shape index (κ1) is 34.7. The van der Waals surface area contributed by atoms with Gasteiger partial charge < -0.3 is 34.5 Å². The van der Waals surface area contributed by atoms with Crippen LogP contribution in [0.15, 0.2) is 60.7 Å². The Kier molecular flexibility index (Phi) is 15.9. The van der Waals surface area contributed by atoms with Crippen LogP contribution < -0.4 is 53.5 Å². The molecular formula is C27H35Li2N2O6P. The number of rotatable bonds is 14. The minimum atomic E-state index is -4.32. The van der Waals surface area contributed by atoms with E-state index in [1.807, 2.05) is 60.7 Å². The van der Waals surface area contributed by atoms with Gasteiger partial charge in [0.25, 0.3) is 5.91 Å². The summed E-state index contributed by atoms with van der Waals surface area (Å²) in [6.07, 6.45) is 1.82. The third-order valence-corrected chi connectivity index (χ3v) is 8.04. The van der Waals surface area contributed by atoms with E-state index in [0.29, 0.717) is 32.2 Å². The zero-order chi connectivity index (χ0) is 26.0. The molecule has 1 fully saturated rings. The van der Waals surface area contributed by atoms with Crippen LogP contribution in [0.4, 0.5) is 0 Å². The first-order valence-electron chi connectivity index (χ1n) is 12.6. The van der Waals surface area contributed by atoms with Crippen molar-refractivity contribution in [1.29, 1.82) is 0 Å². The van der Waals surface area contributed by atoms with Gasteiger partial charge in [0, 0.05) is 18.6 Å². The summed E-state index contributed by atoms with van der Waals surface area (Å²) in [7, 11) is -4.32. The van der Waals surface area contributed by atoms with E-state index in [9.17, 15) is 24.2 Å². The zero-order valence-corrected chi connectivity index (χ0v) is 23.4. The molecule has 2 N–H and O–H groups in total. The largest absolute Gasteiger partial charge is 1.00 e. The maximum absolute atomic E-state index is 13.4. The molecule has 3 rings (SSSR count). The molecule has 4 atom stereocenters. The Morgan fingerprint density at radius 3 is 2.24 bits per heavy atom. The number of carboxylic acids is 1. The molecule has 0 aromatic heterocycles. The Hall–Kier alpha value is -1.32. The molecule has 8 nitrogen and oxygen atoms in total. The second-order valence-electron chi connectivity index (χ2n) is 9.32. The third-order valence-electron chi connectivity index (χ3n) is 6.60. The van der Waals surface area contributed by atoms with Crippen molar-refractivity contribution in [2.24, 2.45) is 5.73 Å². The molecule has 196 valence electrons. The van der Waals surface area contributed by atoms with Crippen molar-refractivity contribution in [2.45, 2.75) is 63.0 Å². The van der Waals surface area contributed by atoms with Crippen LogP contribution in [-0.2, 0) is 25.1 Å².